The zero-order chi connectivity index (χ0) is 10.6. The van der Waals surface area contributed by atoms with Gasteiger partial charge in [0.25, 0.3) is 0 Å². The van der Waals surface area contributed by atoms with Gasteiger partial charge in [-0.1, -0.05) is 22.0 Å². The molecular weight excluding hydrogens is 249 g/mol. The number of aliphatic hydroxyl groups excluding tert-OH is 1. The predicted molar refractivity (Wildman–Crippen MR) is 54.0 cm³/mol. The number of halogens is 2. The van der Waals surface area contributed by atoms with Crippen LogP contribution < -0.4 is 0 Å². The Labute approximate surface area is 90.1 Å². The van der Waals surface area contributed by atoms with E-state index in [1.54, 1.807) is 6.07 Å². The standard InChI is InChI=1S/C10H9BrFNO/c11-10-4-9(12)2-1-8(10)3-7(5-13)6-14/h1-2,4,7,14H,3,6H2. The molecular formula is C10H9BrFNO. The average molecular weight is 258 g/mol. The van der Waals surface area contributed by atoms with Crippen LogP contribution in [0.2, 0.25) is 0 Å². The van der Waals surface area contributed by atoms with E-state index in [0.29, 0.717) is 10.9 Å². The van der Waals surface area contributed by atoms with Gasteiger partial charge in [-0.2, -0.15) is 5.26 Å². The summed E-state index contributed by atoms with van der Waals surface area (Å²) in [6, 6.07) is 6.28. The van der Waals surface area contributed by atoms with Crippen LogP contribution in [0.15, 0.2) is 22.7 Å². The smallest absolute Gasteiger partial charge is 0.124 e. The fourth-order valence-corrected chi connectivity index (χ4v) is 1.62. The third-order valence-electron chi connectivity index (χ3n) is 1.88. The number of nitrogens with zero attached hydrogens (tertiary/aromatic N) is 1. The van der Waals surface area contributed by atoms with Crippen molar-refractivity contribution in [3.05, 3.63) is 34.1 Å². The lowest BCUT2D eigenvalue weighted by Gasteiger charge is -2.07. The molecule has 1 aromatic carbocycles. The van der Waals surface area contributed by atoms with E-state index >= 15 is 0 Å². The second-order valence-electron chi connectivity index (χ2n) is 2.95. The van der Waals surface area contributed by atoms with E-state index in [2.05, 4.69) is 15.9 Å². The van der Waals surface area contributed by atoms with Gasteiger partial charge in [0.1, 0.15) is 5.82 Å². The molecule has 1 rings (SSSR count). The lowest BCUT2D eigenvalue weighted by Crippen LogP contribution is -2.07. The maximum atomic E-state index is 12.7. The second-order valence-corrected chi connectivity index (χ2v) is 3.80. The molecule has 1 aromatic rings. The minimum absolute atomic E-state index is 0.180. The van der Waals surface area contributed by atoms with Gasteiger partial charge >= 0.3 is 0 Å². The first-order valence-corrected chi connectivity index (χ1v) is 4.91. The van der Waals surface area contributed by atoms with Crippen molar-refractivity contribution in [2.24, 2.45) is 5.92 Å². The van der Waals surface area contributed by atoms with E-state index in [0.717, 1.165) is 5.56 Å². The van der Waals surface area contributed by atoms with Crippen molar-refractivity contribution >= 4 is 15.9 Å². The highest BCUT2D eigenvalue weighted by atomic mass is 79.9. The maximum Gasteiger partial charge on any atom is 0.124 e. The number of rotatable bonds is 3. The van der Waals surface area contributed by atoms with E-state index in [4.69, 9.17) is 10.4 Å². The van der Waals surface area contributed by atoms with Crippen LogP contribution in [0, 0.1) is 23.1 Å². The Kier molecular flexibility index (Phi) is 4.05. The van der Waals surface area contributed by atoms with Gasteiger partial charge in [-0.3, -0.25) is 0 Å². The van der Waals surface area contributed by atoms with Gasteiger partial charge in [0.2, 0.25) is 0 Å². The highest BCUT2D eigenvalue weighted by molar-refractivity contribution is 9.10. The molecule has 0 heterocycles. The number of hydrogen-bond acceptors (Lipinski definition) is 2. The molecule has 1 unspecified atom stereocenters. The Hall–Kier alpha value is -0.920. The van der Waals surface area contributed by atoms with Crippen molar-refractivity contribution in [2.45, 2.75) is 6.42 Å². The molecule has 0 aliphatic carbocycles. The Bertz CT molecular complexity index is 362. The van der Waals surface area contributed by atoms with Gasteiger partial charge in [-0.15, -0.1) is 0 Å². The summed E-state index contributed by atoms with van der Waals surface area (Å²) in [4.78, 5) is 0. The predicted octanol–water partition coefficient (Wildman–Crippen LogP) is 2.26. The molecule has 14 heavy (non-hydrogen) atoms. The van der Waals surface area contributed by atoms with Crippen LogP contribution in [-0.2, 0) is 6.42 Å². The highest BCUT2D eigenvalue weighted by Crippen LogP contribution is 2.20. The average Bonchev–Trinajstić information content (AvgIpc) is 2.17. The summed E-state index contributed by atoms with van der Waals surface area (Å²) in [6.07, 6.45) is 0.424. The lowest BCUT2D eigenvalue weighted by atomic mass is 10.0. The third kappa shape index (κ3) is 2.79. The summed E-state index contributed by atoms with van der Waals surface area (Å²) < 4.78 is 13.3. The van der Waals surface area contributed by atoms with E-state index in [-0.39, 0.29) is 12.4 Å². The van der Waals surface area contributed by atoms with Crippen LogP contribution in [0.3, 0.4) is 0 Å². The summed E-state index contributed by atoms with van der Waals surface area (Å²) in [5.41, 5.74) is 0.826. The van der Waals surface area contributed by atoms with Gasteiger partial charge in [0, 0.05) is 4.47 Å². The van der Waals surface area contributed by atoms with Crippen molar-refractivity contribution in [3.63, 3.8) is 0 Å². The van der Waals surface area contributed by atoms with Gasteiger partial charge in [-0.25, -0.2) is 4.39 Å². The summed E-state index contributed by atoms with van der Waals surface area (Å²) in [5, 5.41) is 17.5. The molecule has 0 saturated heterocycles. The Morgan fingerprint density at radius 1 is 1.57 bits per heavy atom. The van der Waals surface area contributed by atoms with Crippen LogP contribution in [0.25, 0.3) is 0 Å². The lowest BCUT2D eigenvalue weighted by molar-refractivity contribution is 0.255. The van der Waals surface area contributed by atoms with Crippen LogP contribution in [0.4, 0.5) is 4.39 Å². The molecule has 2 nitrogen and oxygen atoms in total. The number of hydrogen-bond donors (Lipinski definition) is 1. The molecule has 0 aliphatic rings. The van der Waals surface area contributed by atoms with Crippen LogP contribution in [-0.4, -0.2) is 11.7 Å². The first-order chi connectivity index (χ1) is 6.67. The fourth-order valence-electron chi connectivity index (χ4n) is 1.10. The molecule has 4 heteroatoms. The number of benzene rings is 1. The van der Waals surface area contributed by atoms with Gasteiger partial charge in [0.15, 0.2) is 0 Å². The zero-order valence-corrected chi connectivity index (χ0v) is 8.96. The van der Waals surface area contributed by atoms with Crippen molar-refractivity contribution in [1.29, 1.82) is 5.26 Å². The Morgan fingerprint density at radius 2 is 2.29 bits per heavy atom. The van der Waals surface area contributed by atoms with E-state index < -0.39 is 5.92 Å². The Balaban J connectivity index is 2.82. The molecule has 0 aromatic heterocycles. The largest absolute Gasteiger partial charge is 0.395 e. The molecule has 0 amide bonds. The van der Waals surface area contributed by atoms with Crippen molar-refractivity contribution in [2.75, 3.05) is 6.61 Å². The topological polar surface area (TPSA) is 44.0 Å². The quantitative estimate of drug-likeness (QED) is 0.903. The number of aliphatic hydroxyl groups is 1. The molecule has 1 atom stereocenters. The Morgan fingerprint density at radius 3 is 2.79 bits per heavy atom. The summed E-state index contributed by atoms with van der Waals surface area (Å²) >= 11 is 3.20. The normalized spacial score (nSPS) is 12.1. The summed E-state index contributed by atoms with van der Waals surface area (Å²) in [6.45, 7) is -0.180. The minimum atomic E-state index is -0.434. The van der Waals surface area contributed by atoms with Crippen LogP contribution >= 0.6 is 15.9 Å². The molecule has 0 bridgehead atoms. The zero-order valence-electron chi connectivity index (χ0n) is 7.37. The van der Waals surface area contributed by atoms with E-state index in [9.17, 15) is 4.39 Å². The monoisotopic (exact) mass is 257 g/mol. The van der Waals surface area contributed by atoms with Gasteiger partial charge < -0.3 is 5.11 Å². The molecule has 74 valence electrons. The molecule has 0 fully saturated rings. The molecule has 1 N–H and O–H groups in total. The molecule has 0 spiro atoms. The second kappa shape index (κ2) is 5.08. The summed E-state index contributed by atoms with van der Waals surface area (Å²) in [5.74, 6) is -0.755. The van der Waals surface area contributed by atoms with E-state index in [1.165, 1.54) is 12.1 Å². The van der Waals surface area contributed by atoms with Crippen molar-refractivity contribution in [3.8, 4) is 6.07 Å². The molecule has 0 aliphatic heterocycles. The fraction of sp³-hybridized carbons (Fsp3) is 0.300. The molecule has 0 radical (unpaired) electrons. The maximum absolute atomic E-state index is 12.7. The summed E-state index contributed by atoms with van der Waals surface area (Å²) in [7, 11) is 0. The van der Waals surface area contributed by atoms with Crippen LogP contribution in [0.5, 0.6) is 0 Å². The van der Waals surface area contributed by atoms with Gasteiger partial charge in [-0.05, 0) is 24.1 Å². The SMILES string of the molecule is N#CC(CO)Cc1ccc(F)cc1Br. The first kappa shape index (κ1) is 11.2. The van der Waals surface area contributed by atoms with E-state index in [1.807, 2.05) is 6.07 Å². The van der Waals surface area contributed by atoms with Crippen molar-refractivity contribution < 1.29 is 9.50 Å². The third-order valence-corrected chi connectivity index (χ3v) is 2.62. The number of nitriles is 1. The minimum Gasteiger partial charge on any atom is -0.395 e. The van der Waals surface area contributed by atoms with Crippen LogP contribution in [0.1, 0.15) is 5.56 Å². The highest BCUT2D eigenvalue weighted by Gasteiger charge is 2.09. The van der Waals surface area contributed by atoms with Gasteiger partial charge in [0.05, 0.1) is 18.6 Å². The molecule has 0 saturated carbocycles. The first-order valence-electron chi connectivity index (χ1n) is 4.11. The van der Waals surface area contributed by atoms with Crippen molar-refractivity contribution in [1.82, 2.24) is 0 Å².